The molecule has 72 valence electrons. The number of aliphatic hydroxyl groups excluding tert-OH is 1. The molecular weight excluding hydrogens is 279 g/mol. The number of aliphatic hydroxyl groups is 1. The van der Waals surface area contributed by atoms with Crippen molar-refractivity contribution in [1.82, 2.24) is 4.90 Å². The molecule has 0 aromatic heterocycles. The van der Waals surface area contributed by atoms with E-state index in [-0.39, 0.29) is 13.0 Å². The van der Waals surface area contributed by atoms with Gasteiger partial charge in [0.25, 0.3) is 5.92 Å². The van der Waals surface area contributed by atoms with Gasteiger partial charge in [-0.15, -0.1) is 0 Å². The fraction of sp³-hybridized carbons (Fsp3) is 1.00. The Morgan fingerprint density at radius 1 is 1.58 bits per heavy atom. The first-order chi connectivity index (χ1) is 5.53. The van der Waals surface area contributed by atoms with Crippen LogP contribution >= 0.6 is 22.6 Å². The standard InChI is InChI=1S/C7H12F2INO/c8-7(9)3-6(12)4-11(5-7)2-1-10/h6,12H,1-5H2. The number of nitrogens with zero attached hydrogens (tertiary/aromatic N) is 1. The lowest BCUT2D eigenvalue weighted by Crippen LogP contribution is -2.49. The Morgan fingerprint density at radius 3 is 2.75 bits per heavy atom. The maximum Gasteiger partial charge on any atom is 0.263 e. The van der Waals surface area contributed by atoms with Gasteiger partial charge in [0.05, 0.1) is 12.6 Å². The highest BCUT2D eigenvalue weighted by Crippen LogP contribution is 2.26. The summed E-state index contributed by atoms with van der Waals surface area (Å²) in [5.74, 6) is -2.70. The fourth-order valence-electron chi connectivity index (χ4n) is 1.45. The maximum absolute atomic E-state index is 12.8. The van der Waals surface area contributed by atoms with Crippen LogP contribution in [0.4, 0.5) is 8.78 Å². The van der Waals surface area contributed by atoms with Crippen molar-refractivity contribution < 1.29 is 13.9 Å². The molecule has 1 heterocycles. The SMILES string of the molecule is OC1CN(CCI)CC(F)(F)C1. The monoisotopic (exact) mass is 291 g/mol. The Kier molecular flexibility index (Phi) is 3.66. The van der Waals surface area contributed by atoms with Gasteiger partial charge in [0.15, 0.2) is 0 Å². The molecule has 0 amide bonds. The van der Waals surface area contributed by atoms with Crippen LogP contribution in [0.2, 0.25) is 0 Å². The molecule has 1 N–H and O–H groups in total. The number of β-amino-alcohol motifs (C(OH)–C–C–N with tert-alkyl or cyclic N) is 1. The van der Waals surface area contributed by atoms with Gasteiger partial charge in [0, 0.05) is 23.9 Å². The third-order valence-electron chi connectivity index (χ3n) is 1.86. The lowest BCUT2D eigenvalue weighted by atomic mass is 10.1. The predicted octanol–water partition coefficient (Wildman–Crippen LogP) is 1.12. The number of alkyl halides is 3. The van der Waals surface area contributed by atoms with E-state index in [1.165, 1.54) is 0 Å². The Balaban J connectivity index is 2.46. The largest absolute Gasteiger partial charge is 0.392 e. The number of hydrogen-bond acceptors (Lipinski definition) is 2. The molecule has 0 radical (unpaired) electrons. The van der Waals surface area contributed by atoms with E-state index in [1.807, 2.05) is 0 Å². The number of hydrogen-bond donors (Lipinski definition) is 1. The smallest absolute Gasteiger partial charge is 0.263 e. The number of halogens is 3. The molecule has 5 heteroatoms. The first-order valence-electron chi connectivity index (χ1n) is 3.88. The minimum atomic E-state index is -2.70. The highest BCUT2D eigenvalue weighted by atomic mass is 127. The zero-order chi connectivity index (χ0) is 9.19. The molecule has 12 heavy (non-hydrogen) atoms. The quantitative estimate of drug-likeness (QED) is 0.609. The average molecular weight is 291 g/mol. The van der Waals surface area contributed by atoms with Crippen molar-refractivity contribution in [2.45, 2.75) is 18.4 Å². The highest BCUT2D eigenvalue weighted by molar-refractivity contribution is 14.1. The lowest BCUT2D eigenvalue weighted by Gasteiger charge is -2.34. The number of likely N-dealkylation sites (tertiary alicyclic amines) is 1. The second-order valence-electron chi connectivity index (χ2n) is 3.14. The van der Waals surface area contributed by atoms with Crippen molar-refractivity contribution in [3.63, 3.8) is 0 Å². The van der Waals surface area contributed by atoms with E-state index in [0.29, 0.717) is 13.1 Å². The van der Waals surface area contributed by atoms with E-state index in [2.05, 4.69) is 22.6 Å². The predicted molar refractivity (Wildman–Crippen MR) is 50.9 cm³/mol. The average Bonchev–Trinajstić information content (AvgIpc) is 1.82. The normalized spacial score (nSPS) is 30.5. The Hall–Kier alpha value is 0.510. The van der Waals surface area contributed by atoms with Gasteiger partial charge in [0.2, 0.25) is 0 Å². The van der Waals surface area contributed by atoms with Crippen molar-refractivity contribution in [3.05, 3.63) is 0 Å². The van der Waals surface area contributed by atoms with Gasteiger partial charge in [-0.25, -0.2) is 8.78 Å². The molecule has 1 rings (SSSR count). The second-order valence-corrected chi connectivity index (χ2v) is 4.22. The van der Waals surface area contributed by atoms with Crippen LogP contribution in [0.15, 0.2) is 0 Å². The van der Waals surface area contributed by atoms with Crippen molar-refractivity contribution in [1.29, 1.82) is 0 Å². The summed E-state index contributed by atoms with van der Waals surface area (Å²) in [4.78, 5) is 1.61. The third-order valence-corrected chi connectivity index (χ3v) is 2.34. The van der Waals surface area contributed by atoms with E-state index in [9.17, 15) is 8.78 Å². The molecule has 2 nitrogen and oxygen atoms in total. The van der Waals surface area contributed by atoms with Crippen LogP contribution in [0, 0.1) is 0 Å². The molecule has 1 fully saturated rings. The lowest BCUT2D eigenvalue weighted by molar-refractivity contribution is -0.105. The van der Waals surface area contributed by atoms with Crippen LogP contribution < -0.4 is 0 Å². The molecule has 0 aliphatic carbocycles. The summed E-state index contributed by atoms with van der Waals surface area (Å²) in [6.07, 6.45) is -1.25. The first-order valence-corrected chi connectivity index (χ1v) is 5.40. The van der Waals surface area contributed by atoms with Gasteiger partial charge in [0.1, 0.15) is 0 Å². The Bertz CT molecular complexity index is 156. The first kappa shape index (κ1) is 10.6. The van der Waals surface area contributed by atoms with Crippen LogP contribution in [0.5, 0.6) is 0 Å². The summed E-state index contributed by atoms with van der Waals surface area (Å²) in [5, 5.41) is 9.12. The minimum absolute atomic E-state index is 0.201. The molecular formula is C7H12F2INO. The third kappa shape index (κ3) is 3.10. The van der Waals surface area contributed by atoms with Crippen molar-refractivity contribution in [3.8, 4) is 0 Å². The van der Waals surface area contributed by atoms with Gasteiger partial charge in [-0.1, -0.05) is 22.6 Å². The highest BCUT2D eigenvalue weighted by Gasteiger charge is 2.39. The Morgan fingerprint density at radius 2 is 2.25 bits per heavy atom. The fourth-order valence-corrected chi connectivity index (χ4v) is 2.14. The van der Waals surface area contributed by atoms with Gasteiger partial charge >= 0.3 is 0 Å². The van der Waals surface area contributed by atoms with E-state index in [0.717, 1.165) is 4.43 Å². The summed E-state index contributed by atoms with van der Waals surface area (Å²) in [5.41, 5.74) is 0. The molecule has 1 aliphatic heterocycles. The second kappa shape index (κ2) is 4.15. The minimum Gasteiger partial charge on any atom is -0.392 e. The molecule has 1 unspecified atom stereocenters. The van der Waals surface area contributed by atoms with E-state index < -0.39 is 12.0 Å². The molecule has 1 atom stereocenters. The molecule has 0 spiro atoms. The summed E-state index contributed by atoms with van der Waals surface area (Å²) in [6.45, 7) is 0.818. The van der Waals surface area contributed by atoms with E-state index in [4.69, 9.17) is 5.11 Å². The van der Waals surface area contributed by atoms with Crippen LogP contribution in [-0.4, -0.2) is 46.1 Å². The van der Waals surface area contributed by atoms with E-state index >= 15 is 0 Å². The summed E-state index contributed by atoms with van der Waals surface area (Å²) in [6, 6.07) is 0. The number of piperidine rings is 1. The van der Waals surface area contributed by atoms with Crippen molar-refractivity contribution >= 4 is 22.6 Å². The topological polar surface area (TPSA) is 23.5 Å². The molecule has 0 aromatic rings. The van der Waals surface area contributed by atoms with Crippen molar-refractivity contribution in [2.75, 3.05) is 24.1 Å². The van der Waals surface area contributed by atoms with Gasteiger partial charge in [-0.3, -0.25) is 4.90 Å². The van der Waals surface area contributed by atoms with Crippen LogP contribution in [-0.2, 0) is 0 Å². The Labute approximate surface area is 84.1 Å². The summed E-state index contributed by atoms with van der Waals surface area (Å²) < 4.78 is 26.5. The zero-order valence-corrected chi connectivity index (χ0v) is 8.80. The van der Waals surface area contributed by atoms with Crippen LogP contribution in [0.25, 0.3) is 0 Å². The van der Waals surface area contributed by atoms with Gasteiger partial charge < -0.3 is 5.11 Å². The summed E-state index contributed by atoms with van der Waals surface area (Å²) in [7, 11) is 0. The molecule has 0 saturated carbocycles. The zero-order valence-electron chi connectivity index (χ0n) is 6.64. The summed E-state index contributed by atoms with van der Waals surface area (Å²) >= 11 is 2.14. The molecule has 1 saturated heterocycles. The van der Waals surface area contributed by atoms with Gasteiger partial charge in [-0.2, -0.15) is 0 Å². The van der Waals surface area contributed by atoms with Crippen LogP contribution in [0.3, 0.4) is 0 Å². The van der Waals surface area contributed by atoms with Gasteiger partial charge in [-0.05, 0) is 0 Å². The van der Waals surface area contributed by atoms with E-state index in [1.54, 1.807) is 4.90 Å². The number of rotatable bonds is 2. The molecule has 0 aromatic carbocycles. The maximum atomic E-state index is 12.8. The molecule has 0 bridgehead atoms. The molecule has 1 aliphatic rings. The van der Waals surface area contributed by atoms with Crippen molar-refractivity contribution in [2.24, 2.45) is 0 Å². The van der Waals surface area contributed by atoms with Crippen LogP contribution in [0.1, 0.15) is 6.42 Å².